The maximum absolute atomic E-state index is 12.7. The van der Waals surface area contributed by atoms with E-state index in [1.165, 1.54) is 44.9 Å². The lowest BCUT2D eigenvalue weighted by atomic mass is 9.42. The summed E-state index contributed by atoms with van der Waals surface area (Å²) in [6, 6.07) is 0. The molecule has 0 aromatic rings. The van der Waals surface area contributed by atoms with E-state index in [1.807, 2.05) is 0 Å². The van der Waals surface area contributed by atoms with Crippen LogP contribution in [0.1, 0.15) is 145 Å². The molecule has 0 aliphatic heterocycles. The van der Waals surface area contributed by atoms with Crippen LogP contribution in [0.3, 0.4) is 0 Å². The van der Waals surface area contributed by atoms with Crippen molar-refractivity contribution in [2.45, 2.75) is 145 Å². The molecule has 6 aliphatic carbocycles. The smallest absolute Gasteiger partial charge is 0.309 e. The number of carbonyl (C=O) groups is 2. The van der Waals surface area contributed by atoms with Crippen LogP contribution in [0.2, 0.25) is 0 Å². The summed E-state index contributed by atoms with van der Waals surface area (Å²) in [5, 5.41) is 20.9. The molecular formula is C41H66O4. The van der Waals surface area contributed by atoms with Crippen molar-refractivity contribution in [1.82, 2.24) is 0 Å². The van der Waals surface area contributed by atoms with Gasteiger partial charge in [0, 0.05) is 0 Å². The van der Waals surface area contributed by atoms with Gasteiger partial charge in [0.1, 0.15) is 0 Å². The minimum absolute atomic E-state index is 0.105. The molecule has 0 aromatic heterocycles. The first-order valence-electron chi connectivity index (χ1n) is 19.2. The Kier molecular flexibility index (Phi) is 8.71. The fraction of sp³-hybridized carbons (Fsp3) is 0.902. The lowest BCUT2D eigenvalue weighted by Gasteiger charge is -2.62. The zero-order valence-corrected chi connectivity index (χ0v) is 30.0. The second-order valence-electron chi connectivity index (χ2n) is 19.2. The van der Waals surface area contributed by atoms with Crippen LogP contribution in [-0.2, 0) is 9.59 Å². The van der Waals surface area contributed by atoms with Crippen LogP contribution in [0.5, 0.6) is 0 Å². The molecule has 0 bridgehead atoms. The third-order valence-corrected chi connectivity index (χ3v) is 16.6. The van der Waals surface area contributed by atoms with Gasteiger partial charge < -0.3 is 10.2 Å². The first-order chi connectivity index (χ1) is 21.1. The maximum Gasteiger partial charge on any atom is 0.309 e. The fourth-order valence-electron chi connectivity index (χ4n) is 14.3. The topological polar surface area (TPSA) is 74.6 Å². The lowest BCUT2D eigenvalue weighted by Crippen LogP contribution is -2.57. The number of rotatable bonds is 6. The Balaban J connectivity index is 1.30. The molecule has 6 aliphatic rings. The molecular weight excluding hydrogens is 556 g/mol. The molecule has 45 heavy (non-hydrogen) atoms. The van der Waals surface area contributed by atoms with Gasteiger partial charge in [-0.25, -0.2) is 0 Å². The van der Waals surface area contributed by atoms with Crippen LogP contribution in [-0.4, -0.2) is 22.2 Å². The molecule has 0 heterocycles. The van der Waals surface area contributed by atoms with E-state index in [0.29, 0.717) is 47.3 Å². The predicted molar refractivity (Wildman–Crippen MR) is 182 cm³/mol. The number of aliphatic carboxylic acids is 2. The van der Waals surface area contributed by atoms with Crippen LogP contribution in [0, 0.1) is 86.8 Å². The first-order valence-corrected chi connectivity index (χ1v) is 19.2. The summed E-state index contributed by atoms with van der Waals surface area (Å²) in [5.74, 6) is 5.26. The van der Waals surface area contributed by atoms with Crippen molar-refractivity contribution in [2.24, 2.45) is 86.8 Å². The Morgan fingerprint density at radius 2 is 1.31 bits per heavy atom. The zero-order valence-electron chi connectivity index (χ0n) is 30.0. The number of hydrogen-bond acceptors (Lipinski definition) is 2. The highest BCUT2D eigenvalue weighted by atomic mass is 16.4. The molecule has 4 nitrogen and oxygen atoms in total. The van der Waals surface area contributed by atoms with Crippen molar-refractivity contribution in [1.29, 1.82) is 0 Å². The van der Waals surface area contributed by atoms with E-state index in [-0.39, 0.29) is 16.7 Å². The van der Waals surface area contributed by atoms with Crippen LogP contribution in [0.15, 0.2) is 11.6 Å². The molecule has 5 saturated carbocycles. The highest BCUT2D eigenvalue weighted by Crippen LogP contribution is 2.67. The van der Waals surface area contributed by atoms with Crippen LogP contribution >= 0.6 is 0 Å². The molecule has 0 saturated heterocycles. The normalized spacial score (nSPS) is 49.7. The maximum atomic E-state index is 12.7. The van der Waals surface area contributed by atoms with Crippen molar-refractivity contribution in [3.8, 4) is 0 Å². The van der Waals surface area contributed by atoms with Crippen molar-refractivity contribution >= 4 is 11.9 Å². The van der Waals surface area contributed by atoms with Gasteiger partial charge in [-0.3, -0.25) is 9.59 Å². The van der Waals surface area contributed by atoms with E-state index in [0.717, 1.165) is 56.8 Å². The minimum atomic E-state index is -0.589. The molecule has 0 amide bonds. The van der Waals surface area contributed by atoms with E-state index in [4.69, 9.17) is 0 Å². The quantitative estimate of drug-likeness (QED) is 0.289. The standard InChI is InChI=1S/C41H66O4/c1-24(2)30-20-26-11-13-34-38(5,15-9-17-40(34,7)36(42)43)32(26)22-28(30)19-29-23-33-27(21-31(29)25(3)4)12-14-35-39(33,6)16-10-18-41(35,8)37(44)45/h20,24-29,31-35H,9-19,21-23H2,1-8H3,(H,42,43)(H,44,45). The monoisotopic (exact) mass is 622 g/mol. The minimum Gasteiger partial charge on any atom is -0.481 e. The summed E-state index contributed by atoms with van der Waals surface area (Å²) in [6.45, 7) is 18.9. The van der Waals surface area contributed by atoms with E-state index < -0.39 is 22.8 Å². The average molecular weight is 623 g/mol. The van der Waals surface area contributed by atoms with Crippen molar-refractivity contribution in [3.05, 3.63) is 11.6 Å². The van der Waals surface area contributed by atoms with Gasteiger partial charge >= 0.3 is 11.9 Å². The molecule has 6 rings (SSSR count). The summed E-state index contributed by atoms with van der Waals surface area (Å²) in [6.07, 6.45) is 18.5. The molecule has 13 atom stereocenters. The summed E-state index contributed by atoms with van der Waals surface area (Å²) in [4.78, 5) is 25.4. The van der Waals surface area contributed by atoms with Gasteiger partial charge in [0.05, 0.1) is 10.8 Å². The number of allylic oxidation sites excluding steroid dienone is 2. The van der Waals surface area contributed by atoms with Crippen LogP contribution in [0.25, 0.3) is 0 Å². The molecule has 13 unspecified atom stereocenters. The molecule has 254 valence electrons. The first kappa shape index (κ1) is 33.6. The van der Waals surface area contributed by atoms with Crippen LogP contribution in [0.4, 0.5) is 0 Å². The van der Waals surface area contributed by atoms with E-state index in [9.17, 15) is 19.8 Å². The Hall–Kier alpha value is -1.32. The average Bonchev–Trinajstić information content (AvgIpc) is 2.96. The van der Waals surface area contributed by atoms with Crippen molar-refractivity contribution in [3.63, 3.8) is 0 Å². The molecule has 2 N–H and O–H groups in total. The summed E-state index contributed by atoms with van der Waals surface area (Å²) in [7, 11) is 0. The Morgan fingerprint density at radius 1 is 0.756 bits per heavy atom. The van der Waals surface area contributed by atoms with E-state index in [2.05, 4.69) is 61.5 Å². The summed E-state index contributed by atoms with van der Waals surface area (Å²) in [5.41, 5.74) is 0.771. The van der Waals surface area contributed by atoms with Gasteiger partial charge in [-0.05, 0) is 167 Å². The van der Waals surface area contributed by atoms with E-state index in [1.54, 1.807) is 5.57 Å². The zero-order chi connectivity index (χ0) is 32.7. The summed E-state index contributed by atoms with van der Waals surface area (Å²) >= 11 is 0. The van der Waals surface area contributed by atoms with Crippen molar-refractivity contribution in [2.75, 3.05) is 0 Å². The Morgan fingerprint density at radius 3 is 1.84 bits per heavy atom. The molecule has 0 aromatic carbocycles. The van der Waals surface area contributed by atoms with Gasteiger partial charge in [0.25, 0.3) is 0 Å². The third kappa shape index (κ3) is 5.19. The second-order valence-corrected chi connectivity index (χ2v) is 19.2. The van der Waals surface area contributed by atoms with E-state index >= 15 is 0 Å². The number of hydrogen-bond donors (Lipinski definition) is 2. The third-order valence-electron chi connectivity index (χ3n) is 16.6. The van der Waals surface area contributed by atoms with Crippen molar-refractivity contribution < 1.29 is 19.8 Å². The SMILES string of the molecule is CC(C)C1=CC2CCC3C(C)(C(=O)O)CCCC3(C)C2CC1CC1CC2C(CCC3C(C)(C(=O)O)CCCC23C)CC1C(C)C. The predicted octanol–water partition coefficient (Wildman–Crippen LogP) is 10.5. The molecule has 4 heteroatoms. The highest BCUT2D eigenvalue weighted by molar-refractivity contribution is 5.75. The van der Waals surface area contributed by atoms with Gasteiger partial charge in [0.15, 0.2) is 0 Å². The second kappa shape index (κ2) is 11.7. The molecule has 0 spiro atoms. The van der Waals surface area contributed by atoms with Gasteiger partial charge in [-0.15, -0.1) is 0 Å². The van der Waals surface area contributed by atoms with Gasteiger partial charge in [0.2, 0.25) is 0 Å². The number of carboxylic acid groups (broad SMARTS) is 2. The number of carboxylic acids is 2. The largest absolute Gasteiger partial charge is 0.481 e. The Labute approximate surface area is 275 Å². The fourth-order valence-corrected chi connectivity index (χ4v) is 14.3. The van der Waals surface area contributed by atoms with Crippen LogP contribution < -0.4 is 0 Å². The molecule has 0 radical (unpaired) electrons. The molecule has 5 fully saturated rings. The van der Waals surface area contributed by atoms with Gasteiger partial charge in [-0.2, -0.15) is 0 Å². The Bertz CT molecular complexity index is 1190. The summed E-state index contributed by atoms with van der Waals surface area (Å²) < 4.78 is 0. The highest BCUT2D eigenvalue weighted by Gasteiger charge is 2.62. The number of fused-ring (bicyclic) bond motifs is 6. The van der Waals surface area contributed by atoms with Gasteiger partial charge in [-0.1, -0.05) is 66.0 Å². The lowest BCUT2D eigenvalue weighted by molar-refractivity contribution is -0.175.